The predicted molar refractivity (Wildman–Crippen MR) is 31.6 cm³/mol. The zero-order valence-corrected chi connectivity index (χ0v) is 6.70. The van der Waals surface area contributed by atoms with Gasteiger partial charge in [-0.05, 0) is 6.92 Å². The minimum Gasteiger partial charge on any atom is -0.338 e. The normalized spacial score (nSPS) is 12.7. The Morgan fingerprint density at radius 2 is 1.83 bits per heavy atom. The van der Waals surface area contributed by atoms with Crippen LogP contribution in [0.2, 0.25) is 0 Å². The van der Waals surface area contributed by atoms with Gasteiger partial charge < -0.3 is 4.18 Å². The molecule has 12 heavy (non-hydrogen) atoms. The Hall–Kier alpha value is -0.790. The van der Waals surface area contributed by atoms with Crippen LogP contribution in [-0.2, 0) is 19.1 Å². The van der Waals surface area contributed by atoms with Gasteiger partial charge in [-0.25, -0.2) is 4.79 Å². The monoisotopic (exact) mass is 206 g/mol. The molecular formula is C4H5F3O4S. The Morgan fingerprint density at radius 3 is 2.08 bits per heavy atom. The van der Waals surface area contributed by atoms with Crippen LogP contribution in [0.4, 0.5) is 13.2 Å². The molecule has 72 valence electrons. The topological polar surface area (TPSA) is 60.4 Å². The van der Waals surface area contributed by atoms with Crippen molar-refractivity contribution in [2.24, 2.45) is 0 Å². The summed E-state index contributed by atoms with van der Waals surface area (Å²) in [6, 6.07) is 0. The van der Waals surface area contributed by atoms with Crippen LogP contribution in [-0.4, -0.2) is 26.3 Å². The molecule has 0 rings (SSSR count). The van der Waals surface area contributed by atoms with E-state index in [0.717, 1.165) is 6.92 Å². The van der Waals surface area contributed by atoms with Crippen molar-refractivity contribution in [3.05, 3.63) is 0 Å². The van der Waals surface area contributed by atoms with Crippen molar-refractivity contribution in [2.45, 2.75) is 13.1 Å². The van der Waals surface area contributed by atoms with Gasteiger partial charge in [-0.3, -0.25) is 0 Å². The highest BCUT2D eigenvalue weighted by Crippen LogP contribution is 2.17. The molecule has 0 aliphatic heterocycles. The lowest BCUT2D eigenvalue weighted by molar-refractivity contribution is -0.189. The van der Waals surface area contributed by atoms with Crippen LogP contribution >= 0.6 is 0 Å². The highest BCUT2D eigenvalue weighted by atomic mass is 32.2. The van der Waals surface area contributed by atoms with Gasteiger partial charge in [0, 0.05) is 0 Å². The van der Waals surface area contributed by atoms with Crippen LogP contribution in [0.3, 0.4) is 0 Å². The Balaban J connectivity index is 4.42. The van der Waals surface area contributed by atoms with Crippen molar-refractivity contribution in [3.63, 3.8) is 0 Å². The number of rotatable bonds is 2. The molecular weight excluding hydrogens is 201 g/mol. The minimum absolute atomic E-state index is 0.686. The van der Waals surface area contributed by atoms with Gasteiger partial charge in [0.25, 0.3) is 0 Å². The second-order valence-electron chi connectivity index (χ2n) is 1.71. The number of alkyl halides is 3. The maximum Gasteiger partial charge on any atom is 0.492 e. The molecule has 0 spiro atoms. The van der Waals surface area contributed by atoms with E-state index in [1.165, 1.54) is 0 Å². The molecule has 0 saturated carbocycles. The van der Waals surface area contributed by atoms with Crippen molar-refractivity contribution in [1.82, 2.24) is 0 Å². The van der Waals surface area contributed by atoms with Crippen molar-refractivity contribution in [1.29, 1.82) is 0 Å². The standard InChI is InChI=1S/C4H5F3O4S/c1-2-12(9,10)11-3(8)4(5,6)7/h2H2,1H3. The van der Waals surface area contributed by atoms with Crippen LogP contribution < -0.4 is 0 Å². The maximum absolute atomic E-state index is 11.4. The summed E-state index contributed by atoms with van der Waals surface area (Å²) in [5, 5.41) is 0. The molecule has 0 saturated heterocycles. The van der Waals surface area contributed by atoms with Gasteiger partial charge in [0.1, 0.15) is 0 Å². The SMILES string of the molecule is CCS(=O)(=O)OC(=O)C(F)(F)F. The van der Waals surface area contributed by atoms with Gasteiger partial charge >= 0.3 is 22.3 Å². The number of carbonyl (C=O) groups is 1. The lowest BCUT2D eigenvalue weighted by Gasteiger charge is -2.04. The molecule has 4 nitrogen and oxygen atoms in total. The van der Waals surface area contributed by atoms with Crippen LogP contribution in [0.15, 0.2) is 0 Å². The first-order chi connectivity index (χ1) is 5.19. The summed E-state index contributed by atoms with van der Waals surface area (Å²) in [4.78, 5) is 9.91. The lowest BCUT2D eigenvalue weighted by Crippen LogP contribution is -2.28. The van der Waals surface area contributed by atoms with Gasteiger partial charge in [0.2, 0.25) is 0 Å². The van der Waals surface area contributed by atoms with Gasteiger partial charge in [0.15, 0.2) is 0 Å². The summed E-state index contributed by atoms with van der Waals surface area (Å²) >= 11 is 0. The molecule has 0 aliphatic rings. The Morgan fingerprint density at radius 1 is 1.42 bits per heavy atom. The average molecular weight is 206 g/mol. The quantitative estimate of drug-likeness (QED) is 0.615. The Kier molecular flexibility index (Phi) is 3.08. The van der Waals surface area contributed by atoms with E-state index in [4.69, 9.17) is 0 Å². The zero-order chi connectivity index (χ0) is 9.99. The van der Waals surface area contributed by atoms with Crippen molar-refractivity contribution >= 4 is 16.1 Å². The second kappa shape index (κ2) is 3.30. The molecule has 8 heteroatoms. The third-order valence-electron chi connectivity index (χ3n) is 0.788. The number of hydrogen-bond donors (Lipinski definition) is 0. The first kappa shape index (κ1) is 11.2. The number of halogens is 3. The van der Waals surface area contributed by atoms with Crippen LogP contribution in [0.25, 0.3) is 0 Å². The summed E-state index contributed by atoms with van der Waals surface area (Å²) in [6.07, 6.45) is -5.28. The number of carbonyl (C=O) groups excluding carboxylic acids is 1. The highest BCUT2D eigenvalue weighted by Gasteiger charge is 2.43. The third kappa shape index (κ3) is 3.56. The fourth-order valence-electron chi connectivity index (χ4n) is 0.221. The molecule has 0 aromatic carbocycles. The summed E-state index contributed by atoms with van der Waals surface area (Å²) in [5.41, 5.74) is 0. The van der Waals surface area contributed by atoms with E-state index in [-0.39, 0.29) is 0 Å². The summed E-state index contributed by atoms with van der Waals surface area (Å²) in [6.45, 7) is 1.05. The maximum atomic E-state index is 11.4. The van der Waals surface area contributed by atoms with E-state index in [9.17, 15) is 26.4 Å². The van der Waals surface area contributed by atoms with Gasteiger partial charge in [0.05, 0.1) is 5.75 Å². The van der Waals surface area contributed by atoms with Crippen molar-refractivity contribution in [3.8, 4) is 0 Å². The molecule has 0 amide bonds. The molecule has 0 radical (unpaired) electrons. The van der Waals surface area contributed by atoms with E-state index >= 15 is 0 Å². The molecule has 0 aliphatic carbocycles. The lowest BCUT2D eigenvalue weighted by atomic mass is 10.7. The second-order valence-corrected chi connectivity index (χ2v) is 3.57. The average Bonchev–Trinajstić information content (AvgIpc) is 1.85. The van der Waals surface area contributed by atoms with E-state index in [2.05, 4.69) is 4.18 Å². The Labute approximate surface area is 66.4 Å². The number of hydrogen-bond acceptors (Lipinski definition) is 4. The summed E-state index contributed by atoms with van der Waals surface area (Å²) in [7, 11) is -4.37. The first-order valence-corrected chi connectivity index (χ1v) is 4.30. The highest BCUT2D eigenvalue weighted by molar-refractivity contribution is 7.87. The predicted octanol–water partition coefficient (Wildman–Crippen LogP) is 0.442. The molecule has 0 fully saturated rings. The van der Waals surface area contributed by atoms with Gasteiger partial charge in [-0.2, -0.15) is 21.6 Å². The van der Waals surface area contributed by atoms with E-state index in [1.807, 2.05) is 0 Å². The van der Waals surface area contributed by atoms with Crippen molar-refractivity contribution in [2.75, 3.05) is 5.75 Å². The van der Waals surface area contributed by atoms with Gasteiger partial charge in [-0.1, -0.05) is 0 Å². The minimum atomic E-state index is -5.28. The molecule has 0 bridgehead atoms. The zero-order valence-electron chi connectivity index (χ0n) is 5.88. The first-order valence-electron chi connectivity index (χ1n) is 2.72. The molecule has 0 unspecified atom stereocenters. The third-order valence-corrected chi connectivity index (χ3v) is 1.90. The van der Waals surface area contributed by atoms with E-state index in [1.54, 1.807) is 0 Å². The Bertz CT molecular complexity index is 265. The van der Waals surface area contributed by atoms with Crippen LogP contribution in [0.5, 0.6) is 0 Å². The largest absolute Gasteiger partial charge is 0.492 e. The fourth-order valence-corrected chi connectivity index (χ4v) is 0.664. The summed E-state index contributed by atoms with van der Waals surface area (Å²) < 4.78 is 57.9. The molecule has 0 atom stereocenters. The fraction of sp³-hybridized carbons (Fsp3) is 0.750. The summed E-state index contributed by atoms with van der Waals surface area (Å²) in [5.74, 6) is -3.40. The smallest absolute Gasteiger partial charge is 0.338 e. The van der Waals surface area contributed by atoms with Crippen LogP contribution in [0, 0.1) is 0 Å². The molecule has 0 heterocycles. The molecule has 0 aromatic heterocycles. The van der Waals surface area contributed by atoms with E-state index < -0.39 is 28.0 Å². The van der Waals surface area contributed by atoms with Crippen molar-refractivity contribution < 1.29 is 30.6 Å². The molecule has 0 aromatic rings. The van der Waals surface area contributed by atoms with E-state index in [0.29, 0.717) is 0 Å². The van der Waals surface area contributed by atoms with Gasteiger partial charge in [-0.15, -0.1) is 0 Å². The molecule has 0 N–H and O–H groups in total. The van der Waals surface area contributed by atoms with Crippen LogP contribution in [0.1, 0.15) is 6.92 Å².